The van der Waals surface area contributed by atoms with E-state index in [2.05, 4.69) is 0 Å². The SMILES string of the molecule is [2H]NC(=O)OCC(C)(COC(C)(C)C)COC(C)(C)C. The third kappa shape index (κ3) is 10.8. The lowest BCUT2D eigenvalue weighted by atomic mass is 9.93. The molecule has 5 heteroatoms. The van der Waals surface area contributed by atoms with Crippen molar-refractivity contribution in [1.29, 1.82) is 0 Å². The molecular weight excluding hydrogens is 246 g/mol. The summed E-state index contributed by atoms with van der Waals surface area (Å²) in [7, 11) is 0. The molecule has 0 aromatic rings. The lowest BCUT2D eigenvalue weighted by molar-refractivity contribution is -0.115. The van der Waals surface area contributed by atoms with Crippen molar-refractivity contribution >= 4 is 6.09 Å². The van der Waals surface area contributed by atoms with E-state index in [9.17, 15) is 4.79 Å². The number of ether oxygens (including phenoxy) is 3. The Labute approximate surface area is 118 Å². The van der Waals surface area contributed by atoms with Crippen LogP contribution in [0.25, 0.3) is 0 Å². The van der Waals surface area contributed by atoms with E-state index >= 15 is 0 Å². The summed E-state index contributed by atoms with van der Waals surface area (Å²) >= 11 is 0. The minimum Gasteiger partial charge on any atom is -0.449 e. The summed E-state index contributed by atoms with van der Waals surface area (Å²) in [5, 5.41) is 0. The van der Waals surface area contributed by atoms with Crippen molar-refractivity contribution in [1.82, 2.24) is 0 Å². The fourth-order valence-electron chi connectivity index (χ4n) is 1.15. The molecule has 0 aliphatic rings. The molecule has 19 heavy (non-hydrogen) atoms. The summed E-state index contributed by atoms with van der Waals surface area (Å²) in [5.41, 5.74) is 0.670. The summed E-state index contributed by atoms with van der Waals surface area (Å²) in [6, 6.07) is 0. The molecule has 0 bridgehead atoms. The zero-order valence-electron chi connectivity index (χ0n) is 14.3. The third-order valence-electron chi connectivity index (χ3n) is 2.26. The van der Waals surface area contributed by atoms with Crippen LogP contribution >= 0.6 is 0 Å². The lowest BCUT2D eigenvalue weighted by Gasteiger charge is -2.34. The normalized spacial score (nSPS) is 13.9. The first kappa shape index (κ1) is 16.2. The number of carbonyl (C=O) groups excluding carboxylic acids is 1. The van der Waals surface area contributed by atoms with Gasteiger partial charge in [0.25, 0.3) is 0 Å². The molecule has 1 amide bonds. The van der Waals surface area contributed by atoms with Crippen LogP contribution in [0, 0.1) is 5.41 Å². The number of carbonyl (C=O) groups is 1. The van der Waals surface area contributed by atoms with Gasteiger partial charge < -0.3 is 19.9 Å². The maximum Gasteiger partial charge on any atom is 0.404 e. The van der Waals surface area contributed by atoms with Crippen molar-refractivity contribution in [3.05, 3.63) is 0 Å². The van der Waals surface area contributed by atoms with Gasteiger partial charge in [-0.2, -0.15) is 0 Å². The zero-order valence-corrected chi connectivity index (χ0v) is 13.3. The van der Waals surface area contributed by atoms with Gasteiger partial charge in [0.05, 0.1) is 24.4 Å². The molecule has 0 radical (unpaired) electrons. The molecule has 0 saturated heterocycles. The van der Waals surface area contributed by atoms with Gasteiger partial charge in [0.2, 0.25) is 0 Å². The fourth-order valence-corrected chi connectivity index (χ4v) is 1.15. The summed E-state index contributed by atoms with van der Waals surface area (Å²) in [5.74, 6) is 0. The smallest absolute Gasteiger partial charge is 0.404 e. The van der Waals surface area contributed by atoms with E-state index in [1.54, 1.807) is 5.73 Å². The Morgan fingerprint density at radius 2 is 1.37 bits per heavy atom. The maximum atomic E-state index is 11.1. The first-order valence-corrected chi connectivity index (χ1v) is 6.49. The highest BCUT2D eigenvalue weighted by Crippen LogP contribution is 2.24. The predicted octanol–water partition coefficient (Wildman–Crippen LogP) is 2.72. The van der Waals surface area contributed by atoms with Gasteiger partial charge in [-0.1, -0.05) is 6.92 Å². The number of primary amides is 1. The minimum atomic E-state index is -0.775. The van der Waals surface area contributed by atoms with Crippen LogP contribution in [0.2, 0.25) is 1.41 Å². The number of amides is 1. The minimum absolute atomic E-state index is 0.129. The van der Waals surface area contributed by atoms with Crippen molar-refractivity contribution < 1.29 is 20.4 Å². The van der Waals surface area contributed by atoms with Crippen molar-refractivity contribution in [3.8, 4) is 0 Å². The first-order valence-electron chi connectivity index (χ1n) is 6.99. The molecule has 0 saturated carbocycles. The molecule has 0 heterocycles. The Balaban J connectivity index is 4.61. The highest BCUT2D eigenvalue weighted by molar-refractivity contribution is 5.64. The van der Waals surface area contributed by atoms with Crippen molar-refractivity contribution in [2.45, 2.75) is 59.7 Å². The molecule has 5 nitrogen and oxygen atoms in total. The highest BCUT2D eigenvalue weighted by Gasteiger charge is 2.31. The Morgan fingerprint density at radius 1 is 0.947 bits per heavy atom. The second kappa shape index (κ2) is 6.57. The standard InChI is InChI=1S/C14H29NO4/c1-12(2,3)18-9-14(7,8-17-11(15)16)10-19-13(4,5)6/h8-10H2,1-7H3,(H2,15,16)/i/hD. The van der Waals surface area contributed by atoms with Gasteiger partial charge in [-0.3, -0.25) is 0 Å². The van der Waals surface area contributed by atoms with Crippen LogP contribution in [0.15, 0.2) is 0 Å². The third-order valence-corrected chi connectivity index (χ3v) is 2.26. The second-order valence-corrected chi connectivity index (χ2v) is 7.19. The molecule has 114 valence electrons. The van der Waals surface area contributed by atoms with Gasteiger partial charge in [-0.15, -0.1) is 0 Å². The molecule has 0 atom stereocenters. The Bertz CT molecular complexity index is 289. The van der Waals surface area contributed by atoms with Crippen LogP contribution in [-0.4, -0.2) is 37.1 Å². The van der Waals surface area contributed by atoms with E-state index < -0.39 is 11.5 Å². The number of hydrogen-bond acceptors (Lipinski definition) is 4. The van der Waals surface area contributed by atoms with Crippen LogP contribution < -0.4 is 5.73 Å². The van der Waals surface area contributed by atoms with Crippen LogP contribution in [0.3, 0.4) is 0 Å². The molecule has 0 spiro atoms. The van der Waals surface area contributed by atoms with E-state index in [-0.39, 0.29) is 17.8 Å². The number of hydrogen-bond donors (Lipinski definition) is 1. The Kier molecular flexibility index (Phi) is 5.62. The van der Waals surface area contributed by atoms with Crippen LogP contribution in [0.1, 0.15) is 48.5 Å². The lowest BCUT2D eigenvalue weighted by Crippen LogP contribution is -2.40. The average Bonchev–Trinajstić information content (AvgIpc) is 2.30. The monoisotopic (exact) mass is 276 g/mol. The van der Waals surface area contributed by atoms with Crippen LogP contribution in [-0.2, 0) is 14.2 Å². The Morgan fingerprint density at radius 3 is 1.68 bits per heavy atom. The molecule has 0 fully saturated rings. The number of nitrogens with two attached hydrogens (primary N) is 1. The summed E-state index contributed by atoms with van der Waals surface area (Å²) in [6.45, 7) is 14.7. The van der Waals surface area contributed by atoms with Gasteiger partial charge >= 0.3 is 6.09 Å². The molecule has 0 aromatic carbocycles. The fraction of sp³-hybridized carbons (Fsp3) is 0.929. The molecule has 0 aliphatic heterocycles. The molecular formula is C14H29NO4. The molecule has 2 N–H and O–H groups in total. The summed E-state index contributed by atoms with van der Waals surface area (Å²) in [6.07, 6.45) is -0.775. The van der Waals surface area contributed by atoms with Gasteiger partial charge in [-0.25, -0.2) is 4.79 Å². The van der Waals surface area contributed by atoms with E-state index in [0.29, 0.717) is 13.2 Å². The van der Waals surface area contributed by atoms with Crippen molar-refractivity contribution in [2.24, 2.45) is 11.1 Å². The topological polar surface area (TPSA) is 70.8 Å². The van der Waals surface area contributed by atoms with Crippen molar-refractivity contribution in [3.63, 3.8) is 0 Å². The van der Waals surface area contributed by atoms with Crippen molar-refractivity contribution in [2.75, 3.05) is 19.8 Å². The highest BCUT2D eigenvalue weighted by atomic mass is 16.6. The van der Waals surface area contributed by atoms with E-state index in [4.69, 9.17) is 15.6 Å². The predicted molar refractivity (Wildman–Crippen MR) is 75.1 cm³/mol. The van der Waals surface area contributed by atoms with Gasteiger partial charge in [-0.05, 0) is 41.5 Å². The van der Waals surface area contributed by atoms with E-state index in [1.807, 2.05) is 48.5 Å². The van der Waals surface area contributed by atoms with Crippen LogP contribution in [0.4, 0.5) is 4.79 Å². The molecule has 0 rings (SSSR count). The quantitative estimate of drug-likeness (QED) is 0.809. The van der Waals surface area contributed by atoms with Gasteiger partial charge in [0, 0.05) is 5.41 Å². The van der Waals surface area contributed by atoms with Gasteiger partial charge in [0.15, 0.2) is 1.41 Å². The van der Waals surface area contributed by atoms with Crippen LogP contribution in [0.5, 0.6) is 0 Å². The van der Waals surface area contributed by atoms with E-state index in [1.165, 1.54) is 0 Å². The Hall–Kier alpha value is -0.810. The molecule has 0 aliphatic carbocycles. The molecule has 0 unspecified atom stereocenters. The first-order chi connectivity index (χ1) is 8.87. The number of rotatable bonds is 6. The second-order valence-electron chi connectivity index (χ2n) is 7.19. The van der Waals surface area contributed by atoms with E-state index in [0.717, 1.165) is 0 Å². The zero-order chi connectivity index (χ0) is 16.0. The van der Waals surface area contributed by atoms with Gasteiger partial charge in [0.1, 0.15) is 6.61 Å². The largest absolute Gasteiger partial charge is 0.449 e. The maximum absolute atomic E-state index is 11.1. The molecule has 0 aromatic heterocycles. The summed E-state index contributed by atoms with van der Waals surface area (Å²) in [4.78, 5) is 11.1. The average molecular weight is 276 g/mol. The summed E-state index contributed by atoms with van der Waals surface area (Å²) < 4.78 is 23.3.